The summed E-state index contributed by atoms with van der Waals surface area (Å²) in [7, 11) is 1.42. The van der Waals surface area contributed by atoms with E-state index in [4.69, 9.17) is 0 Å². The van der Waals surface area contributed by atoms with E-state index in [1.165, 1.54) is 18.9 Å². The van der Waals surface area contributed by atoms with E-state index in [-0.39, 0.29) is 17.2 Å². The lowest BCUT2D eigenvalue weighted by molar-refractivity contribution is -0.140. The van der Waals surface area contributed by atoms with E-state index in [0.717, 1.165) is 57.8 Å². The summed E-state index contributed by atoms with van der Waals surface area (Å²) >= 11 is 1.47. The van der Waals surface area contributed by atoms with Gasteiger partial charge in [-0.25, -0.2) is 0 Å². The molecule has 0 radical (unpaired) electrons. The van der Waals surface area contributed by atoms with Crippen LogP contribution in [0.1, 0.15) is 78.1 Å². The minimum absolute atomic E-state index is 0.162. The minimum Gasteiger partial charge on any atom is -0.469 e. The van der Waals surface area contributed by atoms with Gasteiger partial charge >= 0.3 is 5.97 Å². The number of rotatable bonds is 13. The Kier molecular flexibility index (Phi) is 13.3. The van der Waals surface area contributed by atoms with E-state index >= 15 is 0 Å². The lowest BCUT2D eigenvalue weighted by Gasteiger charge is -2.21. The van der Waals surface area contributed by atoms with Gasteiger partial charge < -0.3 is 9.84 Å². The molecule has 1 N–H and O–H groups in total. The van der Waals surface area contributed by atoms with Crippen LogP contribution in [0, 0.1) is 11.8 Å². The van der Waals surface area contributed by atoms with Crippen LogP contribution in [0.2, 0.25) is 0 Å². The van der Waals surface area contributed by atoms with Crippen molar-refractivity contribution in [2.75, 3.05) is 7.11 Å². The highest BCUT2D eigenvalue weighted by Crippen LogP contribution is 2.42. The number of aliphatic hydroxyl groups is 1. The van der Waals surface area contributed by atoms with Crippen molar-refractivity contribution >= 4 is 22.8 Å². The molecule has 0 heterocycles. The number of hydrogen-bond donors (Lipinski definition) is 1. The fraction of sp³-hybridized carbons (Fsp3) is 0.739. The van der Waals surface area contributed by atoms with Crippen LogP contribution in [0.3, 0.4) is 0 Å². The highest BCUT2D eigenvalue weighted by Gasteiger charge is 2.35. The Hall–Kier alpha value is -1.07. The molecule has 0 aromatic rings. The smallest absolute Gasteiger partial charge is 0.305 e. The molecule has 1 fully saturated rings. The van der Waals surface area contributed by atoms with Crippen LogP contribution in [0.15, 0.2) is 24.3 Å². The maximum absolute atomic E-state index is 11.6. The number of esters is 1. The highest BCUT2D eigenvalue weighted by atomic mass is 32.2. The third-order valence-corrected chi connectivity index (χ3v) is 6.59. The zero-order chi connectivity index (χ0) is 20.8. The summed E-state index contributed by atoms with van der Waals surface area (Å²) in [4.78, 5) is 22.8. The maximum atomic E-state index is 11.6. The number of aliphatic hydroxyl groups excluding tert-OH is 1. The highest BCUT2D eigenvalue weighted by molar-refractivity contribution is 8.14. The van der Waals surface area contributed by atoms with Gasteiger partial charge in [0.05, 0.1) is 13.2 Å². The average molecular weight is 411 g/mol. The minimum atomic E-state index is -0.361. The molecule has 28 heavy (non-hydrogen) atoms. The van der Waals surface area contributed by atoms with Crippen LogP contribution >= 0.6 is 11.8 Å². The van der Waals surface area contributed by atoms with Crippen LogP contribution in [-0.4, -0.2) is 34.7 Å². The van der Waals surface area contributed by atoms with E-state index in [2.05, 4.69) is 29.9 Å². The molecule has 0 aromatic carbocycles. The molecule has 1 aliphatic rings. The summed E-state index contributed by atoms with van der Waals surface area (Å²) in [5, 5.41) is 10.7. The lowest BCUT2D eigenvalue weighted by Crippen LogP contribution is -2.17. The summed E-state index contributed by atoms with van der Waals surface area (Å²) in [6.07, 6.45) is 17.5. The largest absolute Gasteiger partial charge is 0.469 e. The number of methoxy groups -OCH3 is 1. The first-order valence-corrected chi connectivity index (χ1v) is 11.6. The molecule has 1 aliphatic carbocycles. The summed E-state index contributed by atoms with van der Waals surface area (Å²) in [5.74, 6) is 0.673. The van der Waals surface area contributed by atoms with Crippen molar-refractivity contribution in [1.29, 1.82) is 0 Å². The van der Waals surface area contributed by atoms with Crippen LogP contribution in [-0.2, 0) is 14.3 Å². The first-order chi connectivity index (χ1) is 13.5. The molecule has 0 aromatic heterocycles. The number of ether oxygens (including phenoxy) is 1. The quantitative estimate of drug-likeness (QED) is 0.248. The van der Waals surface area contributed by atoms with Gasteiger partial charge in [-0.3, -0.25) is 9.59 Å². The molecule has 0 saturated heterocycles. The van der Waals surface area contributed by atoms with Gasteiger partial charge in [-0.05, 0) is 50.4 Å². The number of carbonyl (C=O) groups excluding carboxylic acids is 2. The fourth-order valence-corrected chi connectivity index (χ4v) is 4.96. The van der Waals surface area contributed by atoms with Crippen LogP contribution in [0.5, 0.6) is 0 Å². The third kappa shape index (κ3) is 10.5. The normalized spacial score (nSPS) is 23.5. The van der Waals surface area contributed by atoms with Gasteiger partial charge in [0.15, 0.2) is 5.12 Å². The molecular weight excluding hydrogens is 372 g/mol. The second kappa shape index (κ2) is 14.9. The number of thioether (sulfide) groups is 1. The van der Waals surface area contributed by atoms with E-state index in [0.29, 0.717) is 23.5 Å². The fourth-order valence-electron chi connectivity index (χ4n) is 3.79. The van der Waals surface area contributed by atoms with E-state index < -0.39 is 0 Å². The second-order valence-electron chi connectivity index (χ2n) is 7.68. The van der Waals surface area contributed by atoms with Crippen LogP contribution < -0.4 is 0 Å². The van der Waals surface area contributed by atoms with E-state index in [9.17, 15) is 14.7 Å². The standard InChI is InChI=1S/C23H38O4S/c1-4-5-8-11-20(25)16-14-19-15-17-22(28-18(2)24)21(19)12-9-6-7-10-13-23(26)27-3/h6,9,14,16,19-22,25H,4-5,7-8,10-13,15,17H2,1-3H3/b9-6-,16-14+/t19-,20-,21+,22-/m0/s1. The Morgan fingerprint density at radius 1 is 1.21 bits per heavy atom. The van der Waals surface area contributed by atoms with Gasteiger partial charge in [0.2, 0.25) is 0 Å². The molecule has 1 rings (SSSR count). The van der Waals surface area contributed by atoms with Crippen molar-refractivity contribution in [2.45, 2.75) is 89.4 Å². The van der Waals surface area contributed by atoms with Gasteiger partial charge in [0.25, 0.3) is 0 Å². The number of carbonyl (C=O) groups is 2. The Balaban J connectivity index is 2.55. The van der Waals surface area contributed by atoms with Crippen LogP contribution in [0.4, 0.5) is 0 Å². The topological polar surface area (TPSA) is 63.6 Å². The third-order valence-electron chi connectivity index (χ3n) is 5.37. The molecule has 160 valence electrons. The number of hydrogen-bond acceptors (Lipinski definition) is 5. The summed E-state index contributed by atoms with van der Waals surface area (Å²) in [6.45, 7) is 3.81. The van der Waals surface area contributed by atoms with Crippen LogP contribution in [0.25, 0.3) is 0 Å². The van der Waals surface area contributed by atoms with Gasteiger partial charge in [-0.15, -0.1) is 0 Å². The zero-order valence-corrected chi connectivity index (χ0v) is 18.6. The molecule has 0 spiro atoms. The molecule has 1 saturated carbocycles. The van der Waals surface area contributed by atoms with E-state index in [1.807, 2.05) is 6.08 Å². The van der Waals surface area contributed by atoms with Crippen molar-refractivity contribution in [1.82, 2.24) is 0 Å². The molecule has 4 atom stereocenters. The molecule has 5 heteroatoms. The average Bonchev–Trinajstić information content (AvgIpc) is 3.03. The van der Waals surface area contributed by atoms with Crippen molar-refractivity contribution in [3.8, 4) is 0 Å². The first-order valence-electron chi connectivity index (χ1n) is 10.7. The van der Waals surface area contributed by atoms with Gasteiger partial charge in [-0.1, -0.05) is 62.3 Å². The Labute approximate surface area is 175 Å². The Bertz CT molecular complexity index is 515. The molecule has 0 unspecified atom stereocenters. The van der Waals surface area contributed by atoms with Crippen molar-refractivity contribution < 1.29 is 19.4 Å². The summed E-state index contributed by atoms with van der Waals surface area (Å²) < 4.78 is 4.65. The molecule has 0 aliphatic heterocycles. The molecule has 4 nitrogen and oxygen atoms in total. The van der Waals surface area contributed by atoms with Crippen molar-refractivity contribution in [2.24, 2.45) is 11.8 Å². The Morgan fingerprint density at radius 3 is 2.68 bits per heavy atom. The van der Waals surface area contributed by atoms with E-state index in [1.54, 1.807) is 6.92 Å². The summed E-state index contributed by atoms with van der Waals surface area (Å²) in [5.41, 5.74) is 0. The maximum Gasteiger partial charge on any atom is 0.305 e. The van der Waals surface area contributed by atoms with Gasteiger partial charge in [0, 0.05) is 18.6 Å². The molecule has 0 bridgehead atoms. The predicted octanol–water partition coefficient (Wildman–Crippen LogP) is 5.45. The van der Waals surface area contributed by atoms with Gasteiger partial charge in [-0.2, -0.15) is 0 Å². The van der Waals surface area contributed by atoms with Crippen molar-refractivity contribution in [3.63, 3.8) is 0 Å². The monoisotopic (exact) mass is 410 g/mol. The van der Waals surface area contributed by atoms with Gasteiger partial charge in [0.1, 0.15) is 0 Å². The SMILES string of the molecule is CCCCC[C@H](O)/C=C/[C@H]1CC[C@H](SC(C)=O)[C@@H]1C/C=C\CCCC(=O)OC. The van der Waals surface area contributed by atoms with Crippen molar-refractivity contribution in [3.05, 3.63) is 24.3 Å². The molecular formula is C23H38O4S. The molecule has 0 amide bonds. The number of unbranched alkanes of at least 4 members (excludes halogenated alkanes) is 3. The number of allylic oxidation sites excluding steroid dienone is 3. The zero-order valence-electron chi connectivity index (χ0n) is 17.8. The predicted molar refractivity (Wildman–Crippen MR) is 117 cm³/mol. The first kappa shape index (κ1) is 25.0. The lowest BCUT2D eigenvalue weighted by atomic mass is 9.91. The second-order valence-corrected chi connectivity index (χ2v) is 9.09. The summed E-state index contributed by atoms with van der Waals surface area (Å²) in [6, 6.07) is 0. The Morgan fingerprint density at radius 2 is 2.00 bits per heavy atom.